The van der Waals surface area contributed by atoms with Crippen molar-refractivity contribution in [1.82, 2.24) is 19.6 Å². The largest absolute Gasteiger partial charge is 0.364 e. The average molecular weight is 332 g/mol. The van der Waals surface area contributed by atoms with Gasteiger partial charge < -0.3 is 5.32 Å². The Kier molecular flexibility index (Phi) is 3.12. The van der Waals surface area contributed by atoms with Gasteiger partial charge in [0, 0.05) is 23.4 Å². The van der Waals surface area contributed by atoms with Crippen molar-refractivity contribution in [3.8, 4) is 11.3 Å². The number of aliphatic imine (C=N–C) groups is 1. The Morgan fingerprint density at radius 2 is 2.04 bits per heavy atom. The van der Waals surface area contributed by atoms with Crippen LogP contribution < -0.4 is 5.32 Å². The van der Waals surface area contributed by atoms with Gasteiger partial charge in [-0.25, -0.2) is 19.5 Å². The Morgan fingerprint density at radius 1 is 1.16 bits per heavy atom. The van der Waals surface area contributed by atoms with Crippen LogP contribution in [0.1, 0.15) is 41.6 Å². The maximum absolute atomic E-state index is 11.6. The molecule has 1 fully saturated rings. The summed E-state index contributed by atoms with van der Waals surface area (Å²) in [5, 5.41) is 7.86. The predicted molar refractivity (Wildman–Crippen MR) is 94.0 cm³/mol. The lowest BCUT2D eigenvalue weighted by molar-refractivity contribution is 0.101. The van der Waals surface area contributed by atoms with E-state index in [1.165, 1.54) is 25.7 Å². The lowest BCUT2D eigenvalue weighted by atomic mass is 10.0. The molecule has 0 unspecified atom stereocenters. The standard InChI is InChI=1S/C18H16N6O/c25-18-14-6-5-11(7-12(14)8-20-18)15-9-19-16(17-21-10-22-24(15)17)23-13-3-1-2-4-13/h5-10,13H,1-4H2,(H,19,23). The van der Waals surface area contributed by atoms with Crippen LogP contribution in [0.5, 0.6) is 0 Å². The van der Waals surface area contributed by atoms with Crippen molar-refractivity contribution < 1.29 is 4.79 Å². The number of benzene rings is 1. The maximum atomic E-state index is 11.6. The first-order chi connectivity index (χ1) is 12.3. The Balaban J connectivity index is 1.57. The van der Waals surface area contributed by atoms with Crippen LogP contribution in [0, 0.1) is 0 Å². The molecule has 124 valence electrons. The molecule has 0 atom stereocenters. The number of anilines is 1. The third-order valence-corrected chi connectivity index (χ3v) is 4.90. The number of nitrogens with one attached hydrogen (secondary N) is 1. The number of amides is 1. The van der Waals surface area contributed by atoms with Crippen LogP contribution in [0.3, 0.4) is 0 Å². The van der Waals surface area contributed by atoms with E-state index in [4.69, 9.17) is 0 Å². The fourth-order valence-corrected chi connectivity index (χ4v) is 3.60. The topological polar surface area (TPSA) is 84.5 Å². The molecular weight excluding hydrogens is 316 g/mol. The van der Waals surface area contributed by atoms with Crippen molar-refractivity contribution in [2.45, 2.75) is 31.7 Å². The first-order valence-corrected chi connectivity index (χ1v) is 8.48. The van der Waals surface area contributed by atoms with Crippen molar-refractivity contribution in [3.05, 3.63) is 41.9 Å². The molecule has 1 aliphatic heterocycles. The molecule has 0 spiro atoms. The van der Waals surface area contributed by atoms with Crippen molar-refractivity contribution in [3.63, 3.8) is 0 Å². The van der Waals surface area contributed by atoms with Gasteiger partial charge in [-0.3, -0.25) is 4.79 Å². The van der Waals surface area contributed by atoms with Crippen LogP contribution >= 0.6 is 0 Å². The normalized spacial score (nSPS) is 16.7. The van der Waals surface area contributed by atoms with Crippen molar-refractivity contribution in [2.24, 2.45) is 4.99 Å². The predicted octanol–water partition coefficient (Wildman–Crippen LogP) is 2.72. The molecule has 1 aliphatic carbocycles. The highest BCUT2D eigenvalue weighted by Crippen LogP contribution is 2.27. The quantitative estimate of drug-likeness (QED) is 0.797. The first-order valence-electron chi connectivity index (χ1n) is 8.48. The zero-order valence-electron chi connectivity index (χ0n) is 13.5. The van der Waals surface area contributed by atoms with E-state index >= 15 is 0 Å². The van der Waals surface area contributed by atoms with E-state index in [0.29, 0.717) is 11.6 Å². The highest BCUT2D eigenvalue weighted by molar-refractivity contribution is 6.13. The minimum absolute atomic E-state index is 0.193. The number of rotatable bonds is 3. The maximum Gasteiger partial charge on any atom is 0.277 e. The monoisotopic (exact) mass is 332 g/mol. The summed E-state index contributed by atoms with van der Waals surface area (Å²) in [7, 11) is 0. The van der Waals surface area contributed by atoms with Crippen LogP contribution in [0.2, 0.25) is 0 Å². The second-order valence-electron chi connectivity index (χ2n) is 6.48. The summed E-state index contributed by atoms with van der Waals surface area (Å²) < 4.78 is 1.79. The van der Waals surface area contributed by atoms with Gasteiger partial charge in [-0.05, 0) is 25.0 Å². The number of carbonyl (C=O) groups excluding carboxylic acids is 1. The third-order valence-electron chi connectivity index (χ3n) is 4.90. The molecule has 3 heterocycles. The second kappa shape index (κ2) is 5.47. The Morgan fingerprint density at radius 3 is 2.92 bits per heavy atom. The van der Waals surface area contributed by atoms with E-state index in [-0.39, 0.29) is 5.91 Å². The zero-order chi connectivity index (χ0) is 16.8. The first kappa shape index (κ1) is 14.3. The smallest absolute Gasteiger partial charge is 0.277 e. The summed E-state index contributed by atoms with van der Waals surface area (Å²) in [4.78, 5) is 24.5. The molecule has 0 bridgehead atoms. The number of fused-ring (bicyclic) bond motifs is 2. The molecule has 5 rings (SSSR count). The Hall–Kier alpha value is -3.09. The highest BCUT2D eigenvalue weighted by atomic mass is 16.1. The molecule has 1 amide bonds. The van der Waals surface area contributed by atoms with Crippen LogP contribution in [0.15, 0.2) is 35.7 Å². The highest BCUT2D eigenvalue weighted by Gasteiger charge is 2.20. The van der Waals surface area contributed by atoms with E-state index in [1.807, 2.05) is 12.1 Å². The number of nitrogens with zero attached hydrogens (tertiary/aromatic N) is 5. The number of hydrogen-bond acceptors (Lipinski definition) is 5. The lowest BCUT2D eigenvalue weighted by Gasteiger charge is -2.14. The van der Waals surface area contributed by atoms with Gasteiger partial charge in [0.25, 0.3) is 5.91 Å². The van der Waals surface area contributed by atoms with E-state index in [1.54, 1.807) is 29.3 Å². The van der Waals surface area contributed by atoms with E-state index in [0.717, 1.165) is 28.3 Å². The molecule has 3 aromatic rings. The van der Waals surface area contributed by atoms with E-state index < -0.39 is 0 Å². The van der Waals surface area contributed by atoms with Gasteiger partial charge in [-0.15, -0.1) is 0 Å². The molecule has 0 radical (unpaired) electrons. The molecule has 2 aromatic heterocycles. The summed E-state index contributed by atoms with van der Waals surface area (Å²) in [6.45, 7) is 0. The van der Waals surface area contributed by atoms with Crippen LogP contribution in [-0.4, -0.2) is 37.7 Å². The average Bonchev–Trinajstić information content (AvgIpc) is 3.36. The molecular formula is C18H16N6O. The minimum atomic E-state index is -0.193. The van der Waals surface area contributed by atoms with Crippen molar-refractivity contribution in [2.75, 3.05) is 5.32 Å². The molecule has 2 aliphatic rings. The molecule has 1 aromatic carbocycles. The van der Waals surface area contributed by atoms with Gasteiger partial charge in [0.2, 0.25) is 0 Å². The number of aromatic nitrogens is 4. The Bertz CT molecular complexity index is 1020. The fraction of sp³-hybridized carbons (Fsp3) is 0.278. The Labute approximate surface area is 143 Å². The number of hydrogen-bond donors (Lipinski definition) is 1. The molecule has 7 heteroatoms. The molecule has 7 nitrogen and oxygen atoms in total. The molecule has 1 saturated carbocycles. The van der Waals surface area contributed by atoms with E-state index in [9.17, 15) is 4.79 Å². The molecule has 0 saturated heterocycles. The second-order valence-corrected chi connectivity index (χ2v) is 6.48. The van der Waals surface area contributed by atoms with Gasteiger partial charge in [0.15, 0.2) is 11.5 Å². The van der Waals surface area contributed by atoms with Gasteiger partial charge in [-0.2, -0.15) is 5.10 Å². The fourth-order valence-electron chi connectivity index (χ4n) is 3.60. The summed E-state index contributed by atoms with van der Waals surface area (Å²) in [5.41, 5.74) is 3.93. The summed E-state index contributed by atoms with van der Waals surface area (Å²) in [6.07, 6.45) is 9.79. The van der Waals surface area contributed by atoms with Crippen LogP contribution in [-0.2, 0) is 0 Å². The van der Waals surface area contributed by atoms with Crippen LogP contribution in [0.4, 0.5) is 5.82 Å². The van der Waals surface area contributed by atoms with Crippen LogP contribution in [0.25, 0.3) is 16.9 Å². The van der Waals surface area contributed by atoms with Gasteiger partial charge in [0.1, 0.15) is 6.33 Å². The van der Waals surface area contributed by atoms with E-state index in [2.05, 4.69) is 25.4 Å². The minimum Gasteiger partial charge on any atom is -0.364 e. The summed E-state index contributed by atoms with van der Waals surface area (Å²) in [6, 6.07) is 6.09. The summed E-state index contributed by atoms with van der Waals surface area (Å²) >= 11 is 0. The SMILES string of the molecule is O=C1N=Cc2cc(-c3cnc(NC4CCCC4)c4ncnn34)ccc21. The lowest BCUT2D eigenvalue weighted by Crippen LogP contribution is -2.16. The number of carbonyl (C=O) groups is 1. The van der Waals surface area contributed by atoms with Gasteiger partial charge in [-0.1, -0.05) is 18.9 Å². The zero-order valence-corrected chi connectivity index (χ0v) is 13.5. The van der Waals surface area contributed by atoms with Gasteiger partial charge >= 0.3 is 0 Å². The molecule has 1 N–H and O–H groups in total. The van der Waals surface area contributed by atoms with Crippen molar-refractivity contribution in [1.29, 1.82) is 0 Å². The summed E-state index contributed by atoms with van der Waals surface area (Å²) in [5.74, 6) is 0.577. The third kappa shape index (κ3) is 2.31. The molecule has 25 heavy (non-hydrogen) atoms. The van der Waals surface area contributed by atoms with Crippen molar-refractivity contribution >= 4 is 23.6 Å². The van der Waals surface area contributed by atoms with Gasteiger partial charge in [0.05, 0.1) is 17.5 Å².